The van der Waals surface area contributed by atoms with Gasteiger partial charge in [-0.25, -0.2) is 4.79 Å². The van der Waals surface area contributed by atoms with Gasteiger partial charge in [0.2, 0.25) is 11.8 Å². The first-order valence-corrected chi connectivity index (χ1v) is 6.63. The highest BCUT2D eigenvalue weighted by Gasteiger charge is 2.25. The number of aliphatic carboxylic acids is 1. The van der Waals surface area contributed by atoms with Gasteiger partial charge < -0.3 is 21.5 Å². The number of nitrogens with one attached hydrogen (secondary N) is 2. The summed E-state index contributed by atoms with van der Waals surface area (Å²) in [5, 5.41) is 13.7. The highest BCUT2D eigenvalue weighted by Crippen LogP contribution is 2.07. The van der Waals surface area contributed by atoms with Crippen LogP contribution in [0.15, 0.2) is 0 Å². The zero-order chi connectivity index (χ0) is 15.0. The second-order valence-corrected chi connectivity index (χ2v) is 4.64. The maximum Gasteiger partial charge on any atom is 0.326 e. The van der Waals surface area contributed by atoms with E-state index >= 15 is 0 Å². The largest absolute Gasteiger partial charge is 0.480 e. The first kappa shape index (κ1) is 17.7. The van der Waals surface area contributed by atoms with Gasteiger partial charge >= 0.3 is 5.97 Å². The van der Waals surface area contributed by atoms with Gasteiger partial charge in [-0.15, -0.1) is 0 Å². The molecular weight excluding hydrogens is 270 g/mol. The van der Waals surface area contributed by atoms with E-state index in [-0.39, 0.29) is 18.2 Å². The van der Waals surface area contributed by atoms with Gasteiger partial charge in [-0.3, -0.25) is 9.59 Å². The summed E-state index contributed by atoms with van der Waals surface area (Å²) in [5.74, 6) is -2.19. The second kappa shape index (κ2) is 8.76. The zero-order valence-electron chi connectivity index (χ0n) is 11.0. The molecule has 3 unspecified atom stereocenters. The minimum Gasteiger partial charge on any atom is -0.480 e. The van der Waals surface area contributed by atoms with Crippen LogP contribution in [0.1, 0.15) is 20.3 Å². The smallest absolute Gasteiger partial charge is 0.326 e. The van der Waals surface area contributed by atoms with Gasteiger partial charge in [-0.2, -0.15) is 12.6 Å². The molecule has 0 aliphatic rings. The molecule has 110 valence electrons. The zero-order valence-corrected chi connectivity index (χ0v) is 11.9. The van der Waals surface area contributed by atoms with Gasteiger partial charge in [0, 0.05) is 5.75 Å². The Morgan fingerprint density at radius 1 is 1.37 bits per heavy atom. The quantitative estimate of drug-likeness (QED) is 0.366. The van der Waals surface area contributed by atoms with Crippen LogP contribution < -0.4 is 16.4 Å². The van der Waals surface area contributed by atoms with E-state index in [4.69, 9.17) is 10.8 Å². The maximum atomic E-state index is 11.5. The van der Waals surface area contributed by atoms with Crippen LogP contribution in [0.3, 0.4) is 0 Å². The molecule has 0 aliphatic heterocycles. The van der Waals surface area contributed by atoms with E-state index in [1.54, 1.807) is 6.92 Å². The van der Waals surface area contributed by atoms with Gasteiger partial charge in [0.15, 0.2) is 0 Å². The summed E-state index contributed by atoms with van der Waals surface area (Å²) in [6, 6.07) is -1.76. The minimum absolute atomic E-state index is 0.165. The molecule has 0 rings (SSSR count). The summed E-state index contributed by atoms with van der Waals surface area (Å²) in [5.41, 5.74) is 5.41. The van der Waals surface area contributed by atoms with E-state index in [0.717, 1.165) is 0 Å². The SMILES string of the molecule is CCC(C)C(NC(=O)CNC(=O)C(N)CS)C(=O)O. The topological polar surface area (TPSA) is 122 Å². The van der Waals surface area contributed by atoms with Gasteiger partial charge in [0.1, 0.15) is 6.04 Å². The number of hydrogen-bond acceptors (Lipinski definition) is 5. The molecule has 0 aliphatic carbocycles. The maximum absolute atomic E-state index is 11.5. The lowest BCUT2D eigenvalue weighted by atomic mass is 9.99. The average Bonchev–Trinajstić information content (AvgIpc) is 2.39. The molecule has 0 radical (unpaired) electrons. The predicted molar refractivity (Wildman–Crippen MR) is 73.9 cm³/mol. The molecule has 7 nitrogen and oxygen atoms in total. The summed E-state index contributed by atoms with van der Waals surface area (Å²) >= 11 is 3.86. The van der Waals surface area contributed by atoms with E-state index < -0.39 is 29.9 Å². The molecule has 0 aromatic heterocycles. The summed E-state index contributed by atoms with van der Waals surface area (Å²) in [6.45, 7) is 3.26. The third kappa shape index (κ3) is 6.44. The van der Waals surface area contributed by atoms with Crippen LogP contribution in [0, 0.1) is 5.92 Å². The number of carboxylic acid groups (broad SMARTS) is 1. The molecule has 3 atom stereocenters. The lowest BCUT2D eigenvalue weighted by Gasteiger charge is -2.20. The molecule has 0 spiro atoms. The van der Waals surface area contributed by atoms with Crippen LogP contribution in [-0.2, 0) is 14.4 Å². The standard InChI is InChI=1S/C11H21N3O4S/c1-3-6(2)9(11(17)18)14-8(15)4-13-10(16)7(12)5-19/h6-7,9,19H,3-5,12H2,1-2H3,(H,13,16)(H,14,15)(H,17,18). The molecule has 5 N–H and O–H groups in total. The summed E-state index contributed by atoms with van der Waals surface area (Å²) in [7, 11) is 0. The van der Waals surface area contributed by atoms with Crippen molar-refractivity contribution in [1.29, 1.82) is 0 Å². The van der Waals surface area contributed by atoms with Crippen molar-refractivity contribution >= 4 is 30.4 Å². The lowest BCUT2D eigenvalue weighted by Crippen LogP contribution is -2.50. The van der Waals surface area contributed by atoms with Crippen LogP contribution in [0.4, 0.5) is 0 Å². The normalized spacial score (nSPS) is 15.2. The second-order valence-electron chi connectivity index (χ2n) is 4.28. The van der Waals surface area contributed by atoms with Crippen molar-refractivity contribution in [3.8, 4) is 0 Å². The van der Waals surface area contributed by atoms with Gasteiger partial charge in [-0.1, -0.05) is 20.3 Å². The monoisotopic (exact) mass is 291 g/mol. The number of amides is 2. The molecule has 0 bridgehead atoms. The van der Waals surface area contributed by atoms with E-state index in [9.17, 15) is 14.4 Å². The van der Waals surface area contributed by atoms with Crippen molar-refractivity contribution in [2.75, 3.05) is 12.3 Å². The van der Waals surface area contributed by atoms with Crippen molar-refractivity contribution in [2.45, 2.75) is 32.4 Å². The Labute approximate surface area is 117 Å². The van der Waals surface area contributed by atoms with E-state index in [0.29, 0.717) is 6.42 Å². The molecule has 0 aromatic carbocycles. The highest BCUT2D eigenvalue weighted by atomic mass is 32.1. The van der Waals surface area contributed by atoms with Crippen molar-refractivity contribution in [3.63, 3.8) is 0 Å². The Hall–Kier alpha value is -1.28. The molecule has 8 heteroatoms. The van der Waals surface area contributed by atoms with Crippen LogP contribution in [0.25, 0.3) is 0 Å². The lowest BCUT2D eigenvalue weighted by molar-refractivity contribution is -0.143. The van der Waals surface area contributed by atoms with Crippen molar-refractivity contribution in [2.24, 2.45) is 11.7 Å². The number of carboxylic acids is 1. The van der Waals surface area contributed by atoms with E-state index in [1.807, 2.05) is 6.92 Å². The van der Waals surface area contributed by atoms with Crippen LogP contribution >= 0.6 is 12.6 Å². The summed E-state index contributed by atoms with van der Waals surface area (Å²) in [6.07, 6.45) is 0.619. The molecule has 0 saturated carbocycles. The number of rotatable bonds is 8. The first-order chi connectivity index (χ1) is 8.83. The third-order valence-corrected chi connectivity index (χ3v) is 3.15. The molecule has 0 heterocycles. The van der Waals surface area contributed by atoms with E-state index in [1.165, 1.54) is 0 Å². The fourth-order valence-corrected chi connectivity index (χ4v) is 1.45. The Bertz CT molecular complexity index is 338. The molecule has 2 amide bonds. The van der Waals surface area contributed by atoms with Crippen molar-refractivity contribution in [3.05, 3.63) is 0 Å². The molecule has 0 fully saturated rings. The summed E-state index contributed by atoms with van der Waals surface area (Å²) < 4.78 is 0. The number of carbonyl (C=O) groups is 3. The Morgan fingerprint density at radius 2 is 1.95 bits per heavy atom. The molecular formula is C11H21N3O4S. The van der Waals surface area contributed by atoms with E-state index in [2.05, 4.69) is 23.3 Å². The Balaban J connectivity index is 4.28. The number of carbonyl (C=O) groups excluding carboxylic acids is 2. The number of thiol groups is 1. The Morgan fingerprint density at radius 3 is 2.37 bits per heavy atom. The first-order valence-electron chi connectivity index (χ1n) is 5.99. The molecule has 0 saturated heterocycles. The van der Waals surface area contributed by atoms with Gasteiger partial charge in [0.25, 0.3) is 0 Å². The highest BCUT2D eigenvalue weighted by molar-refractivity contribution is 7.80. The van der Waals surface area contributed by atoms with Gasteiger partial charge in [-0.05, 0) is 5.92 Å². The minimum atomic E-state index is -1.10. The van der Waals surface area contributed by atoms with Crippen molar-refractivity contribution < 1.29 is 19.5 Å². The van der Waals surface area contributed by atoms with Crippen LogP contribution in [0.2, 0.25) is 0 Å². The fraction of sp³-hybridized carbons (Fsp3) is 0.727. The number of hydrogen-bond donors (Lipinski definition) is 5. The molecule has 0 aromatic rings. The van der Waals surface area contributed by atoms with Gasteiger partial charge in [0.05, 0.1) is 12.6 Å². The summed E-state index contributed by atoms with van der Waals surface area (Å²) in [4.78, 5) is 33.8. The van der Waals surface area contributed by atoms with Crippen LogP contribution in [0.5, 0.6) is 0 Å². The van der Waals surface area contributed by atoms with Crippen molar-refractivity contribution in [1.82, 2.24) is 10.6 Å². The third-order valence-electron chi connectivity index (χ3n) is 2.75. The average molecular weight is 291 g/mol. The molecule has 19 heavy (non-hydrogen) atoms. The van der Waals surface area contributed by atoms with Crippen LogP contribution in [-0.4, -0.2) is 47.3 Å². The predicted octanol–water partition coefficient (Wildman–Crippen LogP) is -1.02. The Kier molecular flexibility index (Phi) is 8.17. The number of nitrogens with two attached hydrogens (primary N) is 1. The fourth-order valence-electron chi connectivity index (χ4n) is 1.29.